The van der Waals surface area contributed by atoms with E-state index in [2.05, 4.69) is 6.92 Å². The number of rotatable bonds is 10. The molecule has 0 aromatic rings. The predicted octanol–water partition coefficient (Wildman–Crippen LogP) is -0.588. The summed E-state index contributed by atoms with van der Waals surface area (Å²) in [5, 5.41) is 48.1. The van der Waals surface area contributed by atoms with Crippen molar-refractivity contribution in [3.63, 3.8) is 0 Å². The molecule has 5 aliphatic rings. The lowest BCUT2D eigenvalue weighted by Gasteiger charge is -2.59. The summed E-state index contributed by atoms with van der Waals surface area (Å²) in [7, 11) is 1.37. The number of amides is 1. The summed E-state index contributed by atoms with van der Waals surface area (Å²) in [6.45, 7) is 4.81. The van der Waals surface area contributed by atoms with E-state index < -0.39 is 66.9 Å². The number of carbonyl (C=O) groups excluding carboxylic acids is 2. The van der Waals surface area contributed by atoms with Crippen LogP contribution in [0.1, 0.15) is 59.3 Å². The largest absolute Gasteiger partial charge is 0.435 e. The van der Waals surface area contributed by atoms with Gasteiger partial charge in [0, 0.05) is 38.3 Å². The molecule has 1 saturated carbocycles. The maximum absolute atomic E-state index is 12.7. The maximum Gasteiger partial charge on any atom is 0.308 e. The first-order chi connectivity index (χ1) is 18.3. The molecule has 0 aromatic carbocycles. The molecule has 13 nitrogen and oxygen atoms in total. The number of hydrogen-bond donors (Lipinski definition) is 5. The highest BCUT2D eigenvalue weighted by Gasteiger charge is 2.69. The third kappa shape index (κ3) is 5.84. The van der Waals surface area contributed by atoms with Gasteiger partial charge < -0.3 is 44.6 Å². The minimum atomic E-state index is -1.80. The van der Waals surface area contributed by atoms with Crippen molar-refractivity contribution in [3.05, 3.63) is 0 Å². The van der Waals surface area contributed by atoms with Crippen LogP contribution in [-0.2, 0) is 33.6 Å². The predicted molar refractivity (Wildman–Crippen MR) is 131 cm³/mol. The average molecular weight is 562 g/mol. The van der Waals surface area contributed by atoms with Gasteiger partial charge in [-0.05, 0) is 38.0 Å². The molecule has 2 bridgehead atoms. The molecule has 12 atom stereocenters. The van der Waals surface area contributed by atoms with Gasteiger partial charge in [-0.25, -0.2) is 9.78 Å². The van der Waals surface area contributed by atoms with Crippen LogP contribution < -0.4 is 0 Å². The van der Waals surface area contributed by atoms with E-state index in [9.17, 15) is 30.0 Å². The number of nitrogens with zero attached hydrogens (tertiary/aromatic N) is 1. The minimum Gasteiger partial charge on any atom is -0.435 e. The standard InChI is InChI=1S/C26H43NO12/c1-13-5-6-16-14(2)23(36-24-26(16)15(13)9-10-25(3,37-24)38-39-26)35-20(32)8-7-19(31)27(4)11-17(29)21(33)22(34)18(30)12-28/h13-18,21-24,28-30,33-34H,5-12H2,1-4H3. The summed E-state index contributed by atoms with van der Waals surface area (Å²) in [4.78, 5) is 38.2. The number of aliphatic hydroxyl groups is 5. The molecule has 0 aromatic heterocycles. The highest BCUT2D eigenvalue weighted by molar-refractivity contribution is 5.81. The molecule has 1 aliphatic carbocycles. The second kappa shape index (κ2) is 11.8. The first-order valence-corrected chi connectivity index (χ1v) is 13.8. The van der Waals surface area contributed by atoms with Gasteiger partial charge in [0.25, 0.3) is 0 Å². The molecular weight excluding hydrogens is 518 g/mol. The Bertz CT molecular complexity index is 891. The molecule has 4 saturated heterocycles. The topological polar surface area (TPSA) is 185 Å². The second-order valence-corrected chi connectivity index (χ2v) is 11.8. The second-order valence-electron chi connectivity index (χ2n) is 11.8. The van der Waals surface area contributed by atoms with Crippen LogP contribution in [0, 0.1) is 23.7 Å². The number of esters is 1. The number of carbonyl (C=O) groups is 2. The van der Waals surface area contributed by atoms with E-state index in [4.69, 9.17) is 29.1 Å². The molecule has 224 valence electrons. The fourth-order valence-electron chi connectivity index (χ4n) is 6.65. The van der Waals surface area contributed by atoms with Crippen molar-refractivity contribution in [1.29, 1.82) is 0 Å². The SMILES string of the molecule is CC1CCC2C(C)C(OC(=O)CCC(=O)N(C)CC(O)C(O)C(O)C(O)CO)OC3OC4(C)CCC1C32OO4. The lowest BCUT2D eigenvalue weighted by Crippen LogP contribution is -2.70. The monoisotopic (exact) mass is 561 g/mol. The van der Waals surface area contributed by atoms with Crippen LogP contribution in [0.25, 0.3) is 0 Å². The van der Waals surface area contributed by atoms with Crippen molar-refractivity contribution < 1.29 is 59.1 Å². The molecule has 12 unspecified atom stereocenters. The lowest BCUT2D eigenvalue weighted by molar-refractivity contribution is -0.576. The summed E-state index contributed by atoms with van der Waals surface area (Å²) in [5.74, 6) is -1.72. The van der Waals surface area contributed by atoms with Gasteiger partial charge in [-0.15, -0.1) is 0 Å². The van der Waals surface area contributed by atoms with Gasteiger partial charge in [0.1, 0.15) is 24.4 Å². The summed E-state index contributed by atoms with van der Waals surface area (Å²) in [6, 6.07) is 0. The third-order valence-corrected chi connectivity index (χ3v) is 9.10. The molecule has 4 aliphatic heterocycles. The Morgan fingerprint density at radius 1 is 1.00 bits per heavy atom. The van der Waals surface area contributed by atoms with E-state index in [1.807, 2.05) is 13.8 Å². The number of likely N-dealkylation sites (N-methyl/N-ethyl adjacent to an activating group) is 1. The van der Waals surface area contributed by atoms with Gasteiger partial charge in [0.2, 0.25) is 18.0 Å². The summed E-state index contributed by atoms with van der Waals surface area (Å²) < 4.78 is 18.2. The van der Waals surface area contributed by atoms with Crippen LogP contribution in [-0.4, -0.2) is 111 Å². The Morgan fingerprint density at radius 2 is 1.69 bits per heavy atom. The number of aliphatic hydroxyl groups excluding tert-OH is 5. The van der Waals surface area contributed by atoms with Crippen molar-refractivity contribution in [1.82, 2.24) is 4.90 Å². The maximum atomic E-state index is 12.7. The molecule has 39 heavy (non-hydrogen) atoms. The average Bonchev–Trinajstić information content (AvgIpc) is 3.14. The van der Waals surface area contributed by atoms with Crippen LogP contribution in [0.5, 0.6) is 0 Å². The van der Waals surface area contributed by atoms with Crippen molar-refractivity contribution in [2.45, 2.75) is 108 Å². The molecule has 4 heterocycles. The lowest BCUT2D eigenvalue weighted by atomic mass is 9.58. The molecule has 5 fully saturated rings. The first kappa shape index (κ1) is 30.5. The van der Waals surface area contributed by atoms with E-state index in [0.29, 0.717) is 12.3 Å². The van der Waals surface area contributed by atoms with E-state index in [-0.39, 0.29) is 37.1 Å². The highest BCUT2D eigenvalue weighted by Crippen LogP contribution is 2.60. The van der Waals surface area contributed by atoms with E-state index >= 15 is 0 Å². The molecule has 13 heteroatoms. The van der Waals surface area contributed by atoms with Gasteiger partial charge >= 0.3 is 5.97 Å². The van der Waals surface area contributed by atoms with Gasteiger partial charge in [-0.3, -0.25) is 9.59 Å². The third-order valence-electron chi connectivity index (χ3n) is 9.10. The van der Waals surface area contributed by atoms with Crippen LogP contribution in [0.4, 0.5) is 0 Å². The summed E-state index contributed by atoms with van der Waals surface area (Å²) in [6.07, 6.45) is -5.52. The molecule has 1 spiro atoms. The van der Waals surface area contributed by atoms with Crippen molar-refractivity contribution in [2.75, 3.05) is 20.2 Å². The van der Waals surface area contributed by atoms with Gasteiger partial charge in [0.05, 0.1) is 13.0 Å². The Hall–Kier alpha value is -1.42. The van der Waals surface area contributed by atoms with E-state index in [1.54, 1.807) is 0 Å². The molecule has 1 amide bonds. The van der Waals surface area contributed by atoms with Crippen molar-refractivity contribution >= 4 is 11.9 Å². The summed E-state index contributed by atoms with van der Waals surface area (Å²) >= 11 is 0. The Labute approximate surface area is 227 Å². The number of ether oxygens (including phenoxy) is 3. The number of hydrogen-bond acceptors (Lipinski definition) is 12. The van der Waals surface area contributed by atoms with Gasteiger partial charge in [0.15, 0.2) is 11.9 Å². The smallest absolute Gasteiger partial charge is 0.308 e. The summed E-state index contributed by atoms with van der Waals surface area (Å²) in [5.41, 5.74) is -0.777. The fraction of sp³-hybridized carbons (Fsp3) is 0.923. The zero-order valence-electron chi connectivity index (χ0n) is 23.0. The van der Waals surface area contributed by atoms with Crippen LogP contribution in [0.2, 0.25) is 0 Å². The van der Waals surface area contributed by atoms with Crippen LogP contribution in [0.15, 0.2) is 0 Å². The van der Waals surface area contributed by atoms with Crippen molar-refractivity contribution in [3.8, 4) is 0 Å². The highest BCUT2D eigenvalue weighted by atomic mass is 17.3. The Balaban J connectivity index is 1.32. The zero-order chi connectivity index (χ0) is 28.7. The molecule has 5 rings (SSSR count). The number of fused-ring (bicyclic) bond motifs is 2. The van der Waals surface area contributed by atoms with Gasteiger partial charge in [-0.1, -0.05) is 13.8 Å². The quantitative estimate of drug-likeness (QED) is 0.169. The van der Waals surface area contributed by atoms with E-state index in [1.165, 1.54) is 7.05 Å². The van der Waals surface area contributed by atoms with E-state index in [0.717, 1.165) is 24.2 Å². The molecule has 5 N–H and O–H groups in total. The Kier molecular flexibility index (Phi) is 9.26. The molecular formula is C26H43NO12. The first-order valence-electron chi connectivity index (χ1n) is 13.8. The molecule has 0 radical (unpaired) electrons. The van der Waals surface area contributed by atoms with Gasteiger partial charge in [-0.2, -0.15) is 0 Å². The minimum absolute atomic E-state index is 0.0155. The van der Waals surface area contributed by atoms with Crippen molar-refractivity contribution in [2.24, 2.45) is 23.7 Å². The zero-order valence-corrected chi connectivity index (χ0v) is 23.0. The van der Waals surface area contributed by atoms with Crippen LogP contribution in [0.3, 0.4) is 0 Å². The fourth-order valence-corrected chi connectivity index (χ4v) is 6.65. The normalized spacial score (nSPS) is 40.5. The van der Waals surface area contributed by atoms with Crippen LogP contribution >= 0.6 is 0 Å². The Morgan fingerprint density at radius 3 is 2.38 bits per heavy atom.